The van der Waals surface area contributed by atoms with Crippen molar-refractivity contribution in [1.29, 1.82) is 0 Å². The molecule has 0 N–H and O–H groups in total. The fraction of sp³-hybridized carbons (Fsp3) is 0.493. The topological polar surface area (TPSA) is 0 Å². The van der Waals surface area contributed by atoms with Gasteiger partial charge in [0.1, 0.15) is 0 Å². The molecule has 0 aliphatic carbocycles. The van der Waals surface area contributed by atoms with Crippen molar-refractivity contribution >= 4 is 24.0 Å². The van der Waals surface area contributed by atoms with E-state index in [1.165, 1.54) is 117 Å². The Morgan fingerprint density at radius 2 is 0.446 bits per heavy atom. The molecule has 0 bridgehead atoms. The van der Waals surface area contributed by atoms with Crippen molar-refractivity contribution in [2.45, 2.75) is 237 Å². The van der Waals surface area contributed by atoms with Crippen molar-refractivity contribution in [3.63, 3.8) is 0 Å². The molecule has 1 heteroatoms. The molecule has 0 aromatic heterocycles. The quantitative estimate of drug-likeness (QED) is 0.0848. The van der Waals surface area contributed by atoms with Gasteiger partial charge in [0.2, 0.25) is 0 Å². The average molecular weight is 1090 g/mol. The van der Waals surface area contributed by atoms with Crippen LogP contribution in [0.3, 0.4) is 0 Å². The zero-order valence-corrected chi connectivity index (χ0v) is 53.9. The maximum atomic E-state index is 4.68. The van der Waals surface area contributed by atoms with Crippen LogP contribution in [-0.4, -0.2) is 20.5 Å². The molecule has 0 fully saturated rings. The van der Waals surface area contributed by atoms with Crippen molar-refractivity contribution in [1.82, 2.24) is 0 Å². The number of benzene rings is 6. The molecule has 0 aliphatic rings. The Kier molecular flexibility index (Phi) is 19.6. The van der Waals surface area contributed by atoms with E-state index in [2.05, 4.69) is 255 Å². The molecular weight excluding hydrogens is 996 g/mol. The molecule has 394 valence electrons. The third kappa shape index (κ3) is 12.3. The molecular formula is C73H98Sn. The molecule has 74 heavy (non-hydrogen) atoms. The van der Waals surface area contributed by atoms with Gasteiger partial charge in [-0.05, 0) is 0 Å². The van der Waals surface area contributed by atoms with Gasteiger partial charge < -0.3 is 0 Å². The second kappa shape index (κ2) is 24.5. The van der Waals surface area contributed by atoms with Gasteiger partial charge in [0.05, 0.1) is 0 Å². The van der Waals surface area contributed by atoms with Crippen molar-refractivity contribution in [2.75, 3.05) is 0 Å². The summed E-state index contributed by atoms with van der Waals surface area (Å²) in [5.74, 6) is 4.62. The Morgan fingerprint density at radius 1 is 0.257 bits per heavy atom. The van der Waals surface area contributed by atoms with Crippen molar-refractivity contribution in [2.24, 2.45) is 0 Å². The van der Waals surface area contributed by atoms with E-state index in [0.717, 1.165) is 0 Å². The maximum absolute atomic E-state index is 4.68. The first-order valence-corrected chi connectivity index (χ1v) is 32.0. The van der Waals surface area contributed by atoms with Crippen LogP contribution >= 0.6 is 0 Å². The van der Waals surface area contributed by atoms with Crippen LogP contribution in [0.2, 0.25) is 0 Å². The van der Waals surface area contributed by atoms with E-state index in [-0.39, 0.29) is 0 Å². The van der Waals surface area contributed by atoms with Crippen LogP contribution in [0.4, 0.5) is 0 Å². The molecule has 6 aromatic rings. The van der Waals surface area contributed by atoms with E-state index in [4.69, 9.17) is 0 Å². The van der Waals surface area contributed by atoms with Crippen LogP contribution in [-0.2, 0) is 0 Å². The molecule has 0 saturated carbocycles. The van der Waals surface area contributed by atoms with Gasteiger partial charge in [-0.3, -0.25) is 0 Å². The molecule has 0 unspecified atom stereocenters. The van der Waals surface area contributed by atoms with Crippen LogP contribution in [0.1, 0.15) is 310 Å². The predicted molar refractivity (Wildman–Crippen MR) is 332 cm³/mol. The van der Waals surface area contributed by atoms with Gasteiger partial charge in [0.25, 0.3) is 0 Å². The molecule has 0 aliphatic heterocycles. The molecule has 0 radical (unpaired) electrons. The van der Waals surface area contributed by atoms with E-state index >= 15 is 0 Å². The molecule has 0 heterocycles. The number of rotatable bonds is 16. The molecule has 6 aromatic carbocycles. The predicted octanol–water partition coefficient (Wildman–Crippen LogP) is 22.2. The summed E-state index contributed by atoms with van der Waals surface area (Å²) in [5.41, 5.74) is 30.1. The summed E-state index contributed by atoms with van der Waals surface area (Å²) in [6.45, 7) is 57.5. The molecule has 0 nitrogen and oxygen atoms in total. The fourth-order valence-electron chi connectivity index (χ4n) is 11.4. The Balaban J connectivity index is 1.97. The van der Waals surface area contributed by atoms with Crippen molar-refractivity contribution in [3.8, 4) is 48.3 Å². The van der Waals surface area contributed by atoms with Crippen LogP contribution in [0.5, 0.6) is 0 Å². The summed E-state index contributed by atoms with van der Waals surface area (Å²) in [5, 5.41) is 0. The first-order chi connectivity index (χ1) is 34.7. The van der Waals surface area contributed by atoms with E-state index < -0.39 is 20.5 Å². The van der Waals surface area contributed by atoms with Gasteiger partial charge in [0, 0.05) is 0 Å². The second-order valence-corrected chi connectivity index (χ2v) is 28.7. The van der Waals surface area contributed by atoms with E-state index in [1.54, 1.807) is 3.58 Å². The Hall–Kier alpha value is -4.10. The van der Waals surface area contributed by atoms with Crippen LogP contribution in [0.25, 0.3) is 44.5 Å². The second-order valence-electron chi connectivity index (χ2n) is 25.9. The van der Waals surface area contributed by atoms with Gasteiger partial charge in [0.15, 0.2) is 0 Å². The van der Waals surface area contributed by atoms with Crippen LogP contribution in [0, 0.1) is 3.82 Å². The Morgan fingerprint density at radius 3 is 0.635 bits per heavy atom. The first-order valence-electron chi connectivity index (χ1n) is 29.2. The third-order valence-corrected chi connectivity index (χ3v) is 19.4. The van der Waals surface area contributed by atoms with Crippen LogP contribution < -0.4 is 3.58 Å². The average Bonchev–Trinajstić information content (AvgIpc) is 3.33. The summed E-state index contributed by atoms with van der Waals surface area (Å²) >= 11 is -1.79. The zero-order valence-electron chi connectivity index (χ0n) is 51.0. The summed E-state index contributed by atoms with van der Waals surface area (Å²) in [6, 6.07) is 35.3. The fourth-order valence-corrected chi connectivity index (χ4v) is 14.8. The summed E-state index contributed by atoms with van der Waals surface area (Å²) < 4.78 is 6.23. The number of hydrogen-bond acceptors (Lipinski definition) is 0. The Bertz CT molecular complexity index is 2510. The summed E-state index contributed by atoms with van der Waals surface area (Å²) in [4.78, 5) is 0. The van der Waals surface area contributed by atoms with Crippen molar-refractivity contribution < 1.29 is 0 Å². The Labute approximate surface area is 463 Å². The van der Waals surface area contributed by atoms with Gasteiger partial charge in [-0.2, -0.15) is 0 Å². The van der Waals surface area contributed by atoms with Gasteiger partial charge in [-0.1, -0.05) is 0 Å². The molecule has 0 spiro atoms. The van der Waals surface area contributed by atoms with Gasteiger partial charge >= 0.3 is 467 Å². The number of hydrogen-bond donors (Lipinski definition) is 0. The van der Waals surface area contributed by atoms with Crippen molar-refractivity contribution in [3.05, 3.63) is 157 Å². The molecule has 0 saturated heterocycles. The molecule has 0 amide bonds. The van der Waals surface area contributed by atoms with E-state index in [1.807, 2.05) is 0 Å². The normalized spacial score (nSPS) is 12.3. The zero-order chi connectivity index (χ0) is 54.9. The summed E-state index contributed by atoms with van der Waals surface area (Å²) in [6.07, 6.45) is 0. The van der Waals surface area contributed by atoms with Crippen LogP contribution in [0.15, 0.2) is 84.9 Å². The molecule has 6 rings (SSSR count). The SMILES string of the molecule is CC(C)c1cc(C(C)C)c(-c2cccc(-c3c(C(C)C)cc(C(C)C)cc3C(C)C)c2[C]#[Sn][c]2c(-c3c(C(C)C)cc(C(C)C)cc3C(C)C)cccc2-c2c(C(C)C)cc(C(C)C)cc2C(C)C)c(C(C)C)c1. The van der Waals surface area contributed by atoms with E-state index in [9.17, 15) is 0 Å². The van der Waals surface area contributed by atoms with E-state index in [0.29, 0.717) is 71.0 Å². The molecule has 0 atom stereocenters. The first kappa shape index (κ1) is 59.1. The summed E-state index contributed by atoms with van der Waals surface area (Å²) in [7, 11) is 0. The standard InChI is InChI=1S/C37H49.C36H49.Sn/c1-21(2)28-17-32(23(5)6)36(33(18-28)24(7)8)30-15-14-16-31(27(30)13)37-34(25(9)10)19-29(22(3)4)20-35(37)26(11)12;1-21(2)29-17-31(23(5)6)35(32(18-29)24(7)8)27-14-13-15-28(16-27)36-33(25(9)10)19-30(22(3)4)20-34(36)26(11)12;/h14-26H,1-12H3;13-15,17-26H,1-12H3;. The monoisotopic (exact) mass is 1090 g/mol. The minimum absolute atomic E-state index is 0.350. The minimum atomic E-state index is -1.79. The third-order valence-electron chi connectivity index (χ3n) is 16.0. The van der Waals surface area contributed by atoms with Gasteiger partial charge in [-0.15, -0.1) is 0 Å². The van der Waals surface area contributed by atoms with Gasteiger partial charge in [-0.25, -0.2) is 0 Å².